The monoisotopic (exact) mass is 423 g/mol. The van der Waals surface area contributed by atoms with Crippen LogP contribution in [0.15, 0.2) is 59.5 Å². The topological polar surface area (TPSA) is 75.4 Å². The number of fused-ring (bicyclic) bond motifs is 2. The van der Waals surface area contributed by atoms with Crippen molar-refractivity contribution in [2.75, 3.05) is 6.54 Å². The van der Waals surface area contributed by atoms with Crippen LogP contribution in [0.25, 0.3) is 0 Å². The molecule has 0 aliphatic carbocycles. The van der Waals surface area contributed by atoms with E-state index in [1.807, 2.05) is 18.2 Å². The summed E-state index contributed by atoms with van der Waals surface area (Å²) in [6, 6.07) is 12.1. The van der Waals surface area contributed by atoms with Gasteiger partial charge in [-0.2, -0.15) is 5.10 Å². The van der Waals surface area contributed by atoms with Crippen molar-refractivity contribution < 1.29 is 18.7 Å². The van der Waals surface area contributed by atoms with E-state index in [0.717, 1.165) is 18.7 Å². The number of aromatic hydroxyl groups is 1. The summed E-state index contributed by atoms with van der Waals surface area (Å²) in [4.78, 5) is 26.7. The van der Waals surface area contributed by atoms with Gasteiger partial charge < -0.3 is 10.0 Å². The van der Waals surface area contributed by atoms with Crippen LogP contribution in [-0.4, -0.2) is 38.3 Å². The van der Waals surface area contributed by atoms with Crippen molar-refractivity contribution in [2.24, 2.45) is 0 Å². The van der Waals surface area contributed by atoms with Crippen LogP contribution in [-0.2, 0) is 0 Å². The number of carbonyl (C=O) groups is 1. The van der Waals surface area contributed by atoms with E-state index < -0.39 is 40.7 Å². The van der Waals surface area contributed by atoms with Crippen molar-refractivity contribution in [2.45, 2.75) is 30.8 Å². The van der Waals surface area contributed by atoms with Gasteiger partial charge in [-0.25, -0.2) is 8.78 Å². The Kier molecular flexibility index (Phi) is 4.57. The largest absolute Gasteiger partial charge is 0.502 e. The van der Waals surface area contributed by atoms with Crippen LogP contribution in [0, 0.1) is 11.6 Å². The van der Waals surface area contributed by atoms with E-state index in [-0.39, 0.29) is 17.3 Å². The molecule has 5 rings (SSSR count). The minimum Gasteiger partial charge on any atom is -0.502 e. The normalized spacial score (nSPS) is 21.0. The van der Waals surface area contributed by atoms with Gasteiger partial charge in [-0.3, -0.25) is 14.3 Å². The quantitative estimate of drug-likeness (QED) is 0.702. The predicted molar refractivity (Wildman–Crippen MR) is 108 cm³/mol. The maximum atomic E-state index is 15.0. The molecule has 1 N–H and O–H groups in total. The highest BCUT2D eigenvalue weighted by Gasteiger charge is 2.48. The number of nitrogens with zero attached hydrogens (tertiary/aromatic N) is 3. The lowest BCUT2D eigenvalue weighted by molar-refractivity contribution is 0.0564. The number of hydrogen-bond donors (Lipinski definition) is 1. The molecule has 0 radical (unpaired) electrons. The van der Waals surface area contributed by atoms with Crippen LogP contribution in [0.1, 0.15) is 46.4 Å². The van der Waals surface area contributed by atoms with Crippen molar-refractivity contribution in [1.82, 2.24) is 14.7 Å². The van der Waals surface area contributed by atoms with E-state index in [1.165, 1.54) is 16.8 Å². The fraction of sp³-hybridized carbons (Fsp3) is 0.261. The number of rotatable bonds is 3. The molecule has 0 saturated carbocycles. The van der Waals surface area contributed by atoms with E-state index in [1.54, 1.807) is 17.0 Å². The lowest BCUT2D eigenvalue weighted by Gasteiger charge is -2.42. The third-order valence-electron chi connectivity index (χ3n) is 6.24. The van der Waals surface area contributed by atoms with Crippen LogP contribution in [0.2, 0.25) is 0 Å². The van der Waals surface area contributed by atoms with Crippen molar-refractivity contribution in [3.63, 3.8) is 0 Å². The first-order valence-corrected chi connectivity index (χ1v) is 10.1. The molecule has 1 aromatic heterocycles. The summed E-state index contributed by atoms with van der Waals surface area (Å²) < 4.78 is 30.6. The molecule has 2 aliphatic heterocycles. The second-order valence-electron chi connectivity index (χ2n) is 7.88. The number of halogens is 2. The number of aromatic nitrogens is 2. The second-order valence-corrected chi connectivity index (χ2v) is 7.88. The van der Waals surface area contributed by atoms with E-state index in [4.69, 9.17) is 0 Å². The molecule has 8 heteroatoms. The van der Waals surface area contributed by atoms with E-state index in [9.17, 15) is 19.1 Å². The summed E-state index contributed by atoms with van der Waals surface area (Å²) in [6.45, 7) is 0.454. The average molecular weight is 423 g/mol. The third-order valence-corrected chi connectivity index (χ3v) is 6.24. The molecule has 0 bridgehead atoms. The SMILES string of the molecule is O=C1c2c(O)c(=O)cnn2[C@@H](C(c2ccccc2)c2cccc(F)c2F)[C@H]2CCCN12. The molecular formula is C23H19F2N3O3. The molecule has 1 saturated heterocycles. The van der Waals surface area contributed by atoms with Crippen molar-refractivity contribution in [3.8, 4) is 5.75 Å². The van der Waals surface area contributed by atoms with Crippen molar-refractivity contribution in [3.05, 3.63) is 93.4 Å². The van der Waals surface area contributed by atoms with Crippen LogP contribution in [0.5, 0.6) is 5.75 Å². The Labute approximate surface area is 176 Å². The highest BCUT2D eigenvalue weighted by Crippen LogP contribution is 2.46. The molecule has 31 heavy (non-hydrogen) atoms. The Morgan fingerprint density at radius 1 is 1.06 bits per heavy atom. The molecule has 3 atom stereocenters. The summed E-state index contributed by atoms with van der Waals surface area (Å²) in [6.07, 6.45) is 2.32. The summed E-state index contributed by atoms with van der Waals surface area (Å²) in [5, 5.41) is 14.6. The molecule has 1 amide bonds. The van der Waals surface area contributed by atoms with Gasteiger partial charge in [-0.1, -0.05) is 42.5 Å². The summed E-state index contributed by atoms with van der Waals surface area (Å²) >= 11 is 0. The molecular weight excluding hydrogens is 404 g/mol. The number of benzene rings is 2. The van der Waals surface area contributed by atoms with Gasteiger partial charge in [-0.05, 0) is 24.5 Å². The Balaban J connectivity index is 1.81. The van der Waals surface area contributed by atoms with E-state index in [2.05, 4.69) is 5.10 Å². The van der Waals surface area contributed by atoms with Gasteiger partial charge in [0.15, 0.2) is 23.1 Å². The van der Waals surface area contributed by atoms with Gasteiger partial charge in [0, 0.05) is 18.0 Å². The molecule has 3 heterocycles. The van der Waals surface area contributed by atoms with Crippen LogP contribution < -0.4 is 5.43 Å². The smallest absolute Gasteiger partial charge is 0.276 e. The zero-order valence-electron chi connectivity index (χ0n) is 16.4. The molecule has 1 fully saturated rings. The van der Waals surface area contributed by atoms with Gasteiger partial charge in [0.25, 0.3) is 5.91 Å². The summed E-state index contributed by atoms with van der Waals surface area (Å²) in [7, 11) is 0. The van der Waals surface area contributed by atoms with E-state index in [0.29, 0.717) is 18.5 Å². The highest BCUT2D eigenvalue weighted by atomic mass is 19.2. The summed E-state index contributed by atoms with van der Waals surface area (Å²) in [5.41, 5.74) is -0.134. The van der Waals surface area contributed by atoms with Gasteiger partial charge in [-0.15, -0.1) is 0 Å². The summed E-state index contributed by atoms with van der Waals surface area (Å²) in [5.74, 6) is -3.80. The second kappa shape index (κ2) is 7.30. The third kappa shape index (κ3) is 2.93. The minimum atomic E-state index is -0.968. The zero-order chi connectivity index (χ0) is 21.7. The molecule has 3 aromatic rings. The molecule has 158 valence electrons. The van der Waals surface area contributed by atoms with Gasteiger partial charge in [0.2, 0.25) is 5.43 Å². The lowest BCUT2D eigenvalue weighted by Crippen LogP contribution is -2.51. The average Bonchev–Trinajstić information content (AvgIpc) is 3.26. The molecule has 1 unspecified atom stereocenters. The van der Waals surface area contributed by atoms with E-state index >= 15 is 4.39 Å². The lowest BCUT2D eigenvalue weighted by atomic mass is 9.79. The Morgan fingerprint density at radius 2 is 1.84 bits per heavy atom. The number of hydrogen-bond acceptors (Lipinski definition) is 4. The van der Waals surface area contributed by atoms with Crippen molar-refractivity contribution >= 4 is 5.91 Å². The van der Waals surface area contributed by atoms with Gasteiger partial charge >= 0.3 is 0 Å². The van der Waals surface area contributed by atoms with Gasteiger partial charge in [0.05, 0.1) is 18.3 Å². The zero-order valence-corrected chi connectivity index (χ0v) is 16.4. The van der Waals surface area contributed by atoms with Gasteiger partial charge in [0.1, 0.15) is 0 Å². The van der Waals surface area contributed by atoms with Crippen LogP contribution in [0.3, 0.4) is 0 Å². The van der Waals surface area contributed by atoms with Crippen LogP contribution in [0.4, 0.5) is 8.78 Å². The Morgan fingerprint density at radius 3 is 2.61 bits per heavy atom. The fourth-order valence-corrected chi connectivity index (χ4v) is 4.93. The van der Waals surface area contributed by atoms with Crippen LogP contribution >= 0.6 is 0 Å². The minimum absolute atomic E-state index is 0.128. The number of carbonyl (C=O) groups excluding carboxylic acids is 1. The molecule has 2 aliphatic rings. The maximum absolute atomic E-state index is 15.0. The van der Waals surface area contributed by atoms with Crippen molar-refractivity contribution in [1.29, 1.82) is 0 Å². The molecule has 2 aromatic carbocycles. The molecule has 6 nitrogen and oxygen atoms in total. The highest BCUT2D eigenvalue weighted by molar-refractivity contribution is 5.96. The Hall–Kier alpha value is -3.55. The first-order chi connectivity index (χ1) is 15.0. The predicted octanol–water partition coefficient (Wildman–Crippen LogP) is 3.22. The Bertz CT molecular complexity index is 1230. The number of amides is 1. The maximum Gasteiger partial charge on any atom is 0.276 e. The fourth-order valence-electron chi connectivity index (χ4n) is 4.93. The first-order valence-electron chi connectivity index (χ1n) is 10.1. The standard InChI is InChI=1S/C23H19F2N3O3/c24-15-9-4-8-14(19(15)25)18(13-6-2-1-3-7-13)20-16-10-5-11-27(16)23(31)21-22(30)17(29)12-26-28(20)21/h1-4,6-9,12,16,18,20,30H,5,10-11H2/t16-,18?,20-/m1/s1. The molecule has 0 spiro atoms. The first kappa shape index (κ1) is 19.4.